The standard InChI is InChI=1S/C8H13N3O2/c1-8(12,6-10-11-9)7-2-4-13-5-3-7/h2,12H,3-6H2,1H3. The van der Waals surface area contributed by atoms with E-state index in [9.17, 15) is 5.11 Å². The molecular weight excluding hydrogens is 170 g/mol. The summed E-state index contributed by atoms with van der Waals surface area (Å²) in [5.41, 5.74) is 8.01. The molecule has 0 radical (unpaired) electrons. The van der Waals surface area contributed by atoms with E-state index in [1.807, 2.05) is 6.08 Å². The minimum Gasteiger partial charge on any atom is -0.386 e. The zero-order valence-corrected chi connectivity index (χ0v) is 7.60. The van der Waals surface area contributed by atoms with E-state index in [4.69, 9.17) is 10.3 Å². The monoisotopic (exact) mass is 183 g/mol. The van der Waals surface area contributed by atoms with Gasteiger partial charge >= 0.3 is 0 Å². The van der Waals surface area contributed by atoms with Crippen LogP contribution in [0.3, 0.4) is 0 Å². The van der Waals surface area contributed by atoms with Crippen molar-refractivity contribution in [2.75, 3.05) is 19.8 Å². The molecule has 1 atom stereocenters. The molecule has 0 amide bonds. The molecule has 1 aliphatic rings. The molecule has 0 saturated heterocycles. The Labute approximate surface area is 76.6 Å². The summed E-state index contributed by atoms with van der Waals surface area (Å²) in [6.07, 6.45) is 2.55. The van der Waals surface area contributed by atoms with E-state index in [-0.39, 0.29) is 6.54 Å². The molecule has 1 heterocycles. The van der Waals surface area contributed by atoms with Crippen LogP contribution in [0, 0.1) is 0 Å². The molecule has 1 aliphatic heterocycles. The Kier molecular flexibility index (Phi) is 3.31. The molecule has 5 nitrogen and oxygen atoms in total. The average Bonchev–Trinajstić information content (AvgIpc) is 2.16. The Morgan fingerprint density at radius 3 is 3.15 bits per heavy atom. The lowest BCUT2D eigenvalue weighted by molar-refractivity contribution is 0.0815. The Balaban J connectivity index is 2.66. The third-order valence-electron chi connectivity index (χ3n) is 2.10. The highest BCUT2D eigenvalue weighted by Gasteiger charge is 2.25. The third-order valence-corrected chi connectivity index (χ3v) is 2.10. The first kappa shape index (κ1) is 10.1. The van der Waals surface area contributed by atoms with Gasteiger partial charge in [0, 0.05) is 4.91 Å². The second kappa shape index (κ2) is 4.28. The van der Waals surface area contributed by atoms with Crippen LogP contribution in [0.5, 0.6) is 0 Å². The molecular formula is C8H13N3O2. The summed E-state index contributed by atoms with van der Waals surface area (Å²) in [4.78, 5) is 2.62. The lowest BCUT2D eigenvalue weighted by Crippen LogP contribution is -2.32. The van der Waals surface area contributed by atoms with Crippen LogP contribution in [0.4, 0.5) is 0 Å². The van der Waals surface area contributed by atoms with Gasteiger partial charge in [-0.1, -0.05) is 11.2 Å². The lowest BCUT2D eigenvalue weighted by Gasteiger charge is -2.27. The van der Waals surface area contributed by atoms with Gasteiger partial charge in [0.15, 0.2) is 0 Å². The fourth-order valence-corrected chi connectivity index (χ4v) is 1.29. The first-order valence-corrected chi connectivity index (χ1v) is 4.17. The van der Waals surface area contributed by atoms with Gasteiger partial charge in [-0.15, -0.1) is 0 Å². The van der Waals surface area contributed by atoms with Crippen molar-refractivity contribution in [3.8, 4) is 0 Å². The maximum absolute atomic E-state index is 9.88. The summed E-state index contributed by atoms with van der Waals surface area (Å²) in [5, 5.41) is 13.2. The summed E-state index contributed by atoms with van der Waals surface area (Å²) in [7, 11) is 0. The van der Waals surface area contributed by atoms with Crippen molar-refractivity contribution >= 4 is 0 Å². The predicted molar refractivity (Wildman–Crippen MR) is 48.2 cm³/mol. The number of nitrogens with zero attached hydrogens (tertiary/aromatic N) is 3. The average molecular weight is 183 g/mol. The van der Waals surface area contributed by atoms with Gasteiger partial charge in [-0.2, -0.15) is 0 Å². The van der Waals surface area contributed by atoms with E-state index < -0.39 is 5.60 Å². The van der Waals surface area contributed by atoms with Crippen LogP contribution >= 0.6 is 0 Å². The van der Waals surface area contributed by atoms with Crippen molar-refractivity contribution in [1.29, 1.82) is 0 Å². The highest BCUT2D eigenvalue weighted by molar-refractivity contribution is 5.17. The highest BCUT2D eigenvalue weighted by atomic mass is 16.5. The highest BCUT2D eigenvalue weighted by Crippen LogP contribution is 2.22. The quantitative estimate of drug-likeness (QED) is 0.310. The van der Waals surface area contributed by atoms with Gasteiger partial charge in [0.2, 0.25) is 0 Å². The third kappa shape index (κ3) is 2.73. The minimum atomic E-state index is -1.02. The maximum atomic E-state index is 9.88. The van der Waals surface area contributed by atoms with Crippen molar-refractivity contribution in [2.45, 2.75) is 18.9 Å². The summed E-state index contributed by atoms with van der Waals surface area (Å²) in [5.74, 6) is 0. The first-order chi connectivity index (χ1) is 6.17. The van der Waals surface area contributed by atoms with Crippen LogP contribution in [0.25, 0.3) is 10.4 Å². The maximum Gasteiger partial charge on any atom is 0.0886 e. The van der Waals surface area contributed by atoms with Crippen LogP contribution < -0.4 is 0 Å². The number of ether oxygens (including phenoxy) is 1. The van der Waals surface area contributed by atoms with Crippen LogP contribution in [0.15, 0.2) is 16.8 Å². The molecule has 1 unspecified atom stereocenters. The normalized spacial score (nSPS) is 21.2. The van der Waals surface area contributed by atoms with E-state index in [1.54, 1.807) is 6.92 Å². The smallest absolute Gasteiger partial charge is 0.0886 e. The molecule has 0 aliphatic carbocycles. The fourth-order valence-electron chi connectivity index (χ4n) is 1.29. The summed E-state index contributed by atoms with van der Waals surface area (Å²) in [6.45, 7) is 2.88. The molecule has 0 aromatic rings. The van der Waals surface area contributed by atoms with Gasteiger partial charge in [0.1, 0.15) is 0 Å². The summed E-state index contributed by atoms with van der Waals surface area (Å²) >= 11 is 0. The molecule has 5 heteroatoms. The molecule has 0 bridgehead atoms. The number of hydrogen-bond donors (Lipinski definition) is 1. The van der Waals surface area contributed by atoms with Crippen molar-refractivity contribution < 1.29 is 9.84 Å². The van der Waals surface area contributed by atoms with Gasteiger partial charge in [-0.25, -0.2) is 0 Å². The largest absolute Gasteiger partial charge is 0.386 e. The number of rotatable bonds is 3. The fraction of sp³-hybridized carbons (Fsp3) is 0.750. The Morgan fingerprint density at radius 2 is 2.62 bits per heavy atom. The molecule has 0 aromatic carbocycles. The van der Waals surface area contributed by atoms with Gasteiger partial charge in [-0.3, -0.25) is 0 Å². The topological polar surface area (TPSA) is 78.2 Å². The van der Waals surface area contributed by atoms with Crippen molar-refractivity contribution in [1.82, 2.24) is 0 Å². The lowest BCUT2D eigenvalue weighted by atomic mass is 9.92. The SMILES string of the molecule is CC(O)(CN=[N+]=[N-])C1=CCOCC1. The number of hydrogen-bond acceptors (Lipinski definition) is 3. The van der Waals surface area contributed by atoms with Crippen molar-refractivity contribution in [3.05, 3.63) is 22.1 Å². The summed E-state index contributed by atoms with van der Waals surface area (Å²) in [6, 6.07) is 0. The van der Waals surface area contributed by atoms with Gasteiger partial charge in [0.05, 0.1) is 25.4 Å². The molecule has 13 heavy (non-hydrogen) atoms. The van der Waals surface area contributed by atoms with Gasteiger partial charge in [0.25, 0.3) is 0 Å². The molecule has 0 fully saturated rings. The van der Waals surface area contributed by atoms with Crippen molar-refractivity contribution in [2.24, 2.45) is 5.11 Å². The predicted octanol–water partition coefficient (Wildman–Crippen LogP) is 1.39. The second-order valence-electron chi connectivity index (χ2n) is 3.22. The van der Waals surface area contributed by atoms with Crippen LogP contribution in [-0.4, -0.2) is 30.5 Å². The Hall–Kier alpha value is -1.03. The van der Waals surface area contributed by atoms with E-state index in [0.29, 0.717) is 19.6 Å². The van der Waals surface area contributed by atoms with Crippen LogP contribution in [0.2, 0.25) is 0 Å². The molecule has 0 aromatic heterocycles. The van der Waals surface area contributed by atoms with Crippen molar-refractivity contribution in [3.63, 3.8) is 0 Å². The Morgan fingerprint density at radius 1 is 1.85 bits per heavy atom. The van der Waals surface area contributed by atoms with Crippen LogP contribution in [0.1, 0.15) is 13.3 Å². The zero-order chi connectivity index (χ0) is 9.73. The van der Waals surface area contributed by atoms with E-state index in [1.165, 1.54) is 0 Å². The summed E-state index contributed by atoms with van der Waals surface area (Å²) < 4.78 is 5.11. The van der Waals surface area contributed by atoms with Crippen LogP contribution in [-0.2, 0) is 4.74 Å². The molecule has 0 saturated carbocycles. The first-order valence-electron chi connectivity index (χ1n) is 4.17. The van der Waals surface area contributed by atoms with E-state index in [2.05, 4.69) is 10.0 Å². The minimum absolute atomic E-state index is 0.0787. The number of azide groups is 1. The van der Waals surface area contributed by atoms with Gasteiger partial charge < -0.3 is 9.84 Å². The zero-order valence-electron chi connectivity index (χ0n) is 7.60. The Bertz CT molecular complexity index is 254. The molecule has 1 N–H and O–H groups in total. The molecule has 1 rings (SSSR count). The van der Waals surface area contributed by atoms with E-state index in [0.717, 1.165) is 5.57 Å². The van der Waals surface area contributed by atoms with Gasteiger partial charge in [-0.05, 0) is 24.4 Å². The molecule has 72 valence electrons. The van der Waals surface area contributed by atoms with E-state index >= 15 is 0 Å². The second-order valence-corrected chi connectivity index (χ2v) is 3.22. The molecule has 0 spiro atoms. The number of aliphatic hydroxyl groups is 1.